The van der Waals surface area contributed by atoms with Crippen LogP contribution in [0.4, 0.5) is 17.6 Å². The van der Waals surface area contributed by atoms with Crippen LogP contribution in [-0.2, 0) is 37.5 Å². The van der Waals surface area contributed by atoms with Crippen molar-refractivity contribution in [3.05, 3.63) is 59.4 Å². The molecule has 0 aromatic heterocycles. The van der Waals surface area contributed by atoms with Crippen LogP contribution in [0.1, 0.15) is 43.2 Å². The molecule has 2 fully saturated rings. The Kier molecular flexibility index (Phi) is 12.1. The molecule has 2 aromatic rings. The maximum absolute atomic E-state index is 14.4. The van der Waals surface area contributed by atoms with Gasteiger partial charge in [-0.1, -0.05) is 29.7 Å². The van der Waals surface area contributed by atoms with Gasteiger partial charge in [-0.25, -0.2) is 17.5 Å². The first-order valence-electron chi connectivity index (χ1n) is 14.9. The first-order chi connectivity index (χ1) is 21.7. The molecule has 2 saturated heterocycles. The van der Waals surface area contributed by atoms with Crippen molar-refractivity contribution in [3.63, 3.8) is 0 Å². The number of rotatable bonds is 13. The van der Waals surface area contributed by atoms with Crippen LogP contribution in [0.25, 0.3) is 0 Å². The Morgan fingerprint density at radius 2 is 1.89 bits per heavy atom. The van der Waals surface area contributed by atoms with Gasteiger partial charge in [0.2, 0.25) is 21.8 Å². The molecule has 10 nitrogen and oxygen atoms in total. The third-order valence-corrected chi connectivity index (χ3v) is 8.69. The number of piperidine rings is 1. The Morgan fingerprint density at radius 3 is 2.57 bits per heavy atom. The summed E-state index contributed by atoms with van der Waals surface area (Å²) in [6.45, 7) is 1.25. The van der Waals surface area contributed by atoms with Gasteiger partial charge in [-0.15, -0.1) is 13.2 Å². The van der Waals surface area contributed by atoms with E-state index in [1.165, 1.54) is 29.2 Å². The lowest BCUT2D eigenvalue weighted by Gasteiger charge is -2.30. The van der Waals surface area contributed by atoms with Crippen molar-refractivity contribution >= 4 is 35.1 Å². The molecule has 2 aliphatic heterocycles. The van der Waals surface area contributed by atoms with Crippen molar-refractivity contribution < 1.29 is 45.0 Å². The number of carbonyl (C=O) groups is 2. The topological polar surface area (TPSA) is 126 Å². The van der Waals surface area contributed by atoms with Gasteiger partial charge in [0.05, 0.1) is 19.0 Å². The summed E-state index contributed by atoms with van der Waals surface area (Å²) in [5.41, 5.74) is 0.774. The van der Waals surface area contributed by atoms with E-state index >= 15 is 0 Å². The summed E-state index contributed by atoms with van der Waals surface area (Å²) in [5.74, 6) is -1.95. The number of sulfonamides is 1. The first kappa shape index (κ1) is 35.6. The van der Waals surface area contributed by atoms with E-state index in [1.54, 1.807) is 0 Å². The van der Waals surface area contributed by atoms with Crippen molar-refractivity contribution in [1.82, 2.24) is 20.3 Å². The van der Waals surface area contributed by atoms with Gasteiger partial charge in [-0.2, -0.15) is 0 Å². The van der Waals surface area contributed by atoms with Gasteiger partial charge >= 0.3 is 6.36 Å². The van der Waals surface area contributed by atoms with E-state index in [9.17, 15) is 35.6 Å². The number of nitrogens with zero attached hydrogens (tertiary/aromatic N) is 1. The number of alkyl halides is 3. The van der Waals surface area contributed by atoms with Crippen molar-refractivity contribution in [2.45, 2.75) is 69.8 Å². The van der Waals surface area contributed by atoms with Crippen LogP contribution in [0.15, 0.2) is 42.5 Å². The minimum absolute atomic E-state index is 0.0191. The number of amides is 2. The molecule has 4 rings (SSSR count). The highest BCUT2D eigenvalue weighted by Gasteiger charge is 2.43. The minimum atomic E-state index is -4.89. The molecule has 2 aliphatic rings. The van der Waals surface area contributed by atoms with E-state index in [2.05, 4.69) is 20.1 Å². The monoisotopic (exact) mass is 668 g/mol. The lowest BCUT2D eigenvalue weighted by Crippen LogP contribution is -2.53. The van der Waals surface area contributed by atoms with Crippen LogP contribution in [0.3, 0.4) is 0 Å². The lowest BCUT2D eigenvalue weighted by atomic mass is 9.91. The van der Waals surface area contributed by atoms with Gasteiger partial charge in [0.1, 0.15) is 31.5 Å². The molecular formula is C30H37BF4N4O6S. The molecule has 2 heterocycles. The van der Waals surface area contributed by atoms with Gasteiger partial charge in [-0.05, 0) is 68.5 Å². The van der Waals surface area contributed by atoms with Gasteiger partial charge in [-0.3, -0.25) is 9.59 Å². The standard InChI is InChI=1S/C30H37BF4N4O6S/c1-46(42,43)38-26(8-5-19-9-11-36-12-10-19)29(41)39-17-24(44-18-21-6-7-22(31)14-25(21)32)15-27(39)28(40)37-16-20-3-2-4-23(13-20)45-30(33,34)35/h2-4,6-7,13-14,19,24,26-27,36,38H,5,8-12,15-18H2,1H3,(H,37,40)/t24-,26-,27+/m1/s1. The molecule has 46 heavy (non-hydrogen) atoms. The molecule has 0 spiro atoms. The predicted molar refractivity (Wildman–Crippen MR) is 162 cm³/mol. The molecular weight excluding hydrogens is 631 g/mol. The fourth-order valence-corrected chi connectivity index (χ4v) is 6.46. The van der Waals surface area contributed by atoms with Crippen molar-refractivity contribution in [1.29, 1.82) is 0 Å². The average molecular weight is 669 g/mol. The van der Waals surface area contributed by atoms with Crippen molar-refractivity contribution in [2.75, 3.05) is 25.9 Å². The number of carbonyl (C=O) groups excluding carboxylic acids is 2. The van der Waals surface area contributed by atoms with Crippen LogP contribution in [-0.4, -0.2) is 83.4 Å². The second-order valence-electron chi connectivity index (χ2n) is 11.7. The highest BCUT2D eigenvalue weighted by molar-refractivity contribution is 7.88. The van der Waals surface area contributed by atoms with Gasteiger partial charge in [0.15, 0.2) is 0 Å². The second kappa shape index (κ2) is 15.6. The molecule has 0 unspecified atom stereocenters. The third kappa shape index (κ3) is 11.0. The van der Waals surface area contributed by atoms with E-state index in [-0.39, 0.29) is 43.6 Å². The van der Waals surface area contributed by atoms with Crippen LogP contribution in [0.5, 0.6) is 5.75 Å². The molecule has 3 atom stereocenters. The molecule has 0 bridgehead atoms. The van der Waals surface area contributed by atoms with Crippen LogP contribution >= 0.6 is 0 Å². The van der Waals surface area contributed by atoms with E-state index in [4.69, 9.17) is 12.6 Å². The summed E-state index contributed by atoms with van der Waals surface area (Å²) < 4.78 is 89.2. The Hall–Kier alpha value is -3.21. The van der Waals surface area contributed by atoms with Crippen LogP contribution in [0.2, 0.25) is 0 Å². The van der Waals surface area contributed by atoms with Gasteiger partial charge in [0, 0.05) is 25.1 Å². The van der Waals surface area contributed by atoms with E-state index < -0.39 is 58.0 Å². The third-order valence-electron chi connectivity index (χ3n) is 7.98. The van der Waals surface area contributed by atoms with Crippen LogP contribution < -0.4 is 25.6 Å². The first-order valence-corrected chi connectivity index (χ1v) is 16.8. The van der Waals surface area contributed by atoms with Crippen molar-refractivity contribution in [3.8, 4) is 5.75 Å². The number of nitrogens with one attached hydrogen (secondary N) is 3. The van der Waals surface area contributed by atoms with Gasteiger partial charge in [0.25, 0.3) is 0 Å². The summed E-state index contributed by atoms with van der Waals surface area (Å²) in [5, 5.41) is 5.92. The van der Waals surface area contributed by atoms with E-state index in [1.807, 2.05) is 0 Å². The van der Waals surface area contributed by atoms with Gasteiger partial charge < -0.3 is 25.0 Å². The van der Waals surface area contributed by atoms with Crippen LogP contribution in [0, 0.1) is 11.7 Å². The fourth-order valence-electron chi connectivity index (χ4n) is 5.72. The summed E-state index contributed by atoms with van der Waals surface area (Å²) in [6, 6.07) is 7.01. The normalized spacial score (nSPS) is 20.0. The molecule has 0 saturated carbocycles. The second-order valence-corrected chi connectivity index (χ2v) is 13.4. The summed E-state index contributed by atoms with van der Waals surface area (Å²) in [6.07, 6.45) is -2.03. The summed E-state index contributed by atoms with van der Waals surface area (Å²) >= 11 is 0. The van der Waals surface area contributed by atoms with Crippen molar-refractivity contribution in [2.24, 2.45) is 5.92 Å². The average Bonchev–Trinajstić information content (AvgIpc) is 3.41. The quantitative estimate of drug-likeness (QED) is 0.220. The predicted octanol–water partition coefficient (Wildman–Crippen LogP) is 2.02. The highest BCUT2D eigenvalue weighted by atomic mass is 32.2. The molecule has 2 radical (unpaired) electrons. The van der Waals surface area contributed by atoms with E-state index in [0.29, 0.717) is 17.9 Å². The number of ether oxygens (including phenoxy) is 2. The molecule has 0 aliphatic carbocycles. The summed E-state index contributed by atoms with van der Waals surface area (Å²) in [7, 11) is 1.81. The Bertz CT molecular complexity index is 1480. The highest BCUT2D eigenvalue weighted by Crippen LogP contribution is 2.27. The molecule has 2 amide bonds. The maximum Gasteiger partial charge on any atom is 0.573 e. The zero-order valence-electron chi connectivity index (χ0n) is 25.3. The molecule has 250 valence electrons. The Balaban J connectivity index is 1.50. The lowest BCUT2D eigenvalue weighted by molar-refractivity contribution is -0.274. The Labute approximate surface area is 267 Å². The zero-order valence-corrected chi connectivity index (χ0v) is 26.1. The number of halogens is 4. The smallest absolute Gasteiger partial charge is 0.406 e. The maximum atomic E-state index is 14.4. The molecule has 2 aromatic carbocycles. The van der Waals surface area contributed by atoms with E-state index in [0.717, 1.165) is 50.4 Å². The number of hydrogen-bond donors (Lipinski definition) is 3. The summed E-state index contributed by atoms with van der Waals surface area (Å²) in [4.78, 5) is 28.7. The fraction of sp³-hybridized carbons (Fsp3) is 0.533. The zero-order chi connectivity index (χ0) is 33.5. The number of likely N-dealkylation sites (tertiary alicyclic amines) is 1. The molecule has 16 heteroatoms. The SMILES string of the molecule is [B]c1ccc(CO[C@@H]2C[C@@H](C(=O)NCc3cccc(OC(F)(F)F)c3)N(C(=O)[C@@H](CCC3CCNCC3)NS(C)(=O)=O)C2)c(F)c1. The molecule has 3 N–H and O–H groups in total. The number of hydrogen-bond acceptors (Lipinski definition) is 7. The minimum Gasteiger partial charge on any atom is -0.406 e. The number of benzene rings is 2. The Morgan fingerprint density at radius 1 is 1.15 bits per heavy atom. The largest absolute Gasteiger partial charge is 0.573 e.